The van der Waals surface area contributed by atoms with E-state index in [1.54, 1.807) is 24.3 Å². The first-order valence-electron chi connectivity index (χ1n) is 11.5. The molecule has 0 saturated carbocycles. The van der Waals surface area contributed by atoms with Crippen LogP contribution >= 0.6 is 0 Å². The molecule has 0 radical (unpaired) electrons. The predicted molar refractivity (Wildman–Crippen MR) is 132 cm³/mol. The predicted octanol–water partition coefficient (Wildman–Crippen LogP) is 4.28. The fourth-order valence-corrected chi connectivity index (χ4v) is 4.29. The summed E-state index contributed by atoms with van der Waals surface area (Å²) < 4.78 is 0. The molecule has 33 heavy (non-hydrogen) atoms. The van der Waals surface area contributed by atoms with Gasteiger partial charge in [0.1, 0.15) is 0 Å². The number of hydrogen-bond acceptors (Lipinski definition) is 4. The highest BCUT2D eigenvalue weighted by atomic mass is 16.1. The quantitative estimate of drug-likeness (QED) is 0.538. The van der Waals surface area contributed by atoms with Crippen LogP contribution < -0.4 is 10.6 Å². The Labute approximate surface area is 195 Å². The number of benzene rings is 3. The molecule has 170 valence electrons. The number of piperazine rings is 1. The molecular weight excluding hydrogens is 410 g/mol. The summed E-state index contributed by atoms with van der Waals surface area (Å²) in [6, 6.07) is 24.3. The minimum Gasteiger partial charge on any atom is -0.348 e. The van der Waals surface area contributed by atoms with Gasteiger partial charge in [0.15, 0.2) is 5.78 Å². The molecule has 3 aromatic carbocycles. The molecule has 5 heteroatoms. The van der Waals surface area contributed by atoms with Crippen molar-refractivity contribution in [2.24, 2.45) is 0 Å². The first-order valence-corrected chi connectivity index (χ1v) is 11.5. The first kappa shape index (κ1) is 22.9. The van der Waals surface area contributed by atoms with Crippen LogP contribution in [0.1, 0.15) is 45.7 Å². The molecule has 3 aromatic rings. The maximum absolute atomic E-state index is 12.6. The standard InChI is InChI=1S/C28H31N3O2/c1-20-18-31(13-12-29-20)19-23-7-4-10-26(15-23)25-9-3-6-22(14-25)17-30-28(33)27-11-5-8-24(16-27)21(2)32/h3-11,14-16,20,29H,12-13,17-19H2,1-2H3,(H,30,33)/t20-/m0/s1. The smallest absolute Gasteiger partial charge is 0.251 e. The fraction of sp³-hybridized carbons (Fsp3) is 0.286. The lowest BCUT2D eigenvalue weighted by atomic mass is 10.0. The van der Waals surface area contributed by atoms with E-state index in [1.807, 2.05) is 12.1 Å². The molecule has 5 nitrogen and oxygen atoms in total. The van der Waals surface area contributed by atoms with Crippen LogP contribution in [0.3, 0.4) is 0 Å². The molecule has 0 aliphatic carbocycles. The van der Waals surface area contributed by atoms with Gasteiger partial charge in [-0.05, 0) is 60.4 Å². The first-order chi connectivity index (χ1) is 16.0. The van der Waals surface area contributed by atoms with Crippen molar-refractivity contribution < 1.29 is 9.59 Å². The molecule has 1 fully saturated rings. The van der Waals surface area contributed by atoms with Gasteiger partial charge in [-0.3, -0.25) is 14.5 Å². The van der Waals surface area contributed by atoms with Crippen molar-refractivity contribution in [3.05, 3.63) is 95.1 Å². The number of carbonyl (C=O) groups is 2. The average molecular weight is 442 g/mol. The van der Waals surface area contributed by atoms with Gasteiger partial charge in [-0.25, -0.2) is 0 Å². The summed E-state index contributed by atoms with van der Waals surface area (Å²) in [5.41, 5.74) is 5.69. The Morgan fingerprint density at radius 1 is 0.939 bits per heavy atom. The molecule has 0 unspecified atom stereocenters. The SMILES string of the molecule is CC(=O)c1cccc(C(=O)NCc2cccc(-c3cccc(CN4CCN[C@@H](C)C4)c3)c2)c1. The van der Waals surface area contributed by atoms with E-state index in [0.717, 1.165) is 37.3 Å². The largest absolute Gasteiger partial charge is 0.348 e. The van der Waals surface area contributed by atoms with E-state index < -0.39 is 0 Å². The summed E-state index contributed by atoms with van der Waals surface area (Å²) in [4.78, 5) is 26.7. The number of nitrogens with zero attached hydrogens (tertiary/aromatic N) is 1. The van der Waals surface area contributed by atoms with Crippen molar-refractivity contribution in [2.75, 3.05) is 19.6 Å². The van der Waals surface area contributed by atoms with Crippen LogP contribution in [0.25, 0.3) is 11.1 Å². The van der Waals surface area contributed by atoms with Gasteiger partial charge in [0.05, 0.1) is 0 Å². The second-order valence-corrected chi connectivity index (χ2v) is 8.81. The Morgan fingerprint density at radius 3 is 2.33 bits per heavy atom. The second kappa shape index (κ2) is 10.6. The lowest BCUT2D eigenvalue weighted by Gasteiger charge is -2.31. The van der Waals surface area contributed by atoms with Crippen LogP contribution in [0.2, 0.25) is 0 Å². The monoisotopic (exact) mass is 441 g/mol. The van der Waals surface area contributed by atoms with Crippen LogP contribution in [0.4, 0.5) is 0 Å². The molecule has 1 aliphatic heterocycles. The van der Waals surface area contributed by atoms with Gasteiger partial charge < -0.3 is 10.6 Å². The molecule has 1 aliphatic rings. The number of ketones is 1. The lowest BCUT2D eigenvalue weighted by molar-refractivity contribution is 0.0951. The maximum Gasteiger partial charge on any atom is 0.251 e. The Kier molecular flexibility index (Phi) is 7.33. The highest BCUT2D eigenvalue weighted by Crippen LogP contribution is 2.23. The molecule has 1 saturated heterocycles. The Bertz CT molecular complexity index is 1140. The zero-order valence-electron chi connectivity index (χ0n) is 19.3. The summed E-state index contributed by atoms with van der Waals surface area (Å²) in [6.07, 6.45) is 0. The van der Waals surface area contributed by atoms with Crippen molar-refractivity contribution in [3.63, 3.8) is 0 Å². The maximum atomic E-state index is 12.6. The van der Waals surface area contributed by atoms with Crippen molar-refractivity contribution in [1.82, 2.24) is 15.5 Å². The summed E-state index contributed by atoms with van der Waals surface area (Å²) in [6.45, 7) is 8.28. The molecule has 1 atom stereocenters. The minimum absolute atomic E-state index is 0.0500. The average Bonchev–Trinajstić information content (AvgIpc) is 2.83. The second-order valence-electron chi connectivity index (χ2n) is 8.81. The van der Waals surface area contributed by atoms with E-state index in [1.165, 1.54) is 18.1 Å². The number of rotatable bonds is 7. The lowest BCUT2D eigenvalue weighted by Crippen LogP contribution is -2.48. The van der Waals surface area contributed by atoms with Crippen LogP contribution in [0.15, 0.2) is 72.8 Å². The highest BCUT2D eigenvalue weighted by molar-refractivity contribution is 5.99. The van der Waals surface area contributed by atoms with Gasteiger partial charge in [0.25, 0.3) is 5.91 Å². The molecule has 2 N–H and O–H groups in total. The number of carbonyl (C=O) groups excluding carboxylic acids is 2. The van der Waals surface area contributed by atoms with Gasteiger partial charge in [0.2, 0.25) is 0 Å². The van der Waals surface area contributed by atoms with Crippen LogP contribution in [-0.2, 0) is 13.1 Å². The summed E-state index contributed by atoms with van der Waals surface area (Å²) >= 11 is 0. The van der Waals surface area contributed by atoms with Crippen molar-refractivity contribution >= 4 is 11.7 Å². The Morgan fingerprint density at radius 2 is 1.61 bits per heavy atom. The number of amides is 1. The molecule has 0 spiro atoms. The van der Waals surface area contributed by atoms with E-state index >= 15 is 0 Å². The molecule has 0 aromatic heterocycles. The zero-order chi connectivity index (χ0) is 23.2. The van der Waals surface area contributed by atoms with Crippen LogP contribution in [0, 0.1) is 0 Å². The molecule has 1 heterocycles. The number of nitrogens with one attached hydrogen (secondary N) is 2. The van der Waals surface area contributed by atoms with E-state index in [4.69, 9.17) is 0 Å². The molecular formula is C28H31N3O2. The summed E-state index contributed by atoms with van der Waals surface area (Å²) in [5, 5.41) is 6.46. The molecule has 1 amide bonds. The highest BCUT2D eigenvalue weighted by Gasteiger charge is 2.15. The van der Waals surface area contributed by atoms with Crippen LogP contribution in [-0.4, -0.2) is 42.3 Å². The number of hydrogen-bond donors (Lipinski definition) is 2. The molecule has 4 rings (SSSR count). The van der Waals surface area contributed by atoms with Gasteiger partial charge in [0, 0.05) is 49.9 Å². The van der Waals surface area contributed by atoms with E-state index in [2.05, 4.69) is 58.9 Å². The van der Waals surface area contributed by atoms with Crippen LogP contribution in [0.5, 0.6) is 0 Å². The minimum atomic E-state index is -0.184. The van der Waals surface area contributed by atoms with Gasteiger partial charge in [-0.2, -0.15) is 0 Å². The van der Waals surface area contributed by atoms with Gasteiger partial charge in [-0.1, -0.05) is 48.5 Å². The normalized spacial score (nSPS) is 16.4. The topological polar surface area (TPSA) is 61.4 Å². The van der Waals surface area contributed by atoms with Gasteiger partial charge in [-0.15, -0.1) is 0 Å². The van der Waals surface area contributed by atoms with Crippen molar-refractivity contribution in [1.29, 1.82) is 0 Å². The third kappa shape index (κ3) is 6.15. The van der Waals surface area contributed by atoms with E-state index in [9.17, 15) is 9.59 Å². The van der Waals surface area contributed by atoms with Crippen molar-refractivity contribution in [3.8, 4) is 11.1 Å². The van der Waals surface area contributed by atoms with Crippen molar-refractivity contribution in [2.45, 2.75) is 33.0 Å². The van der Waals surface area contributed by atoms with Gasteiger partial charge >= 0.3 is 0 Å². The Hall–Kier alpha value is -3.28. The third-order valence-electron chi connectivity index (χ3n) is 6.03. The zero-order valence-corrected chi connectivity index (χ0v) is 19.3. The fourth-order valence-electron chi connectivity index (χ4n) is 4.29. The van der Waals surface area contributed by atoms with E-state index in [0.29, 0.717) is 23.7 Å². The van der Waals surface area contributed by atoms with E-state index in [-0.39, 0.29) is 11.7 Å². The molecule has 0 bridgehead atoms. The third-order valence-corrected chi connectivity index (χ3v) is 6.03. The summed E-state index contributed by atoms with van der Waals surface area (Å²) in [5.74, 6) is -0.234. The number of Topliss-reactive ketones (excluding diaryl/α,β-unsaturated/α-hetero) is 1. The Balaban J connectivity index is 1.42. The summed E-state index contributed by atoms with van der Waals surface area (Å²) in [7, 11) is 0.